The van der Waals surface area contributed by atoms with Crippen LogP contribution in [0, 0.1) is 0 Å². The summed E-state index contributed by atoms with van der Waals surface area (Å²) in [6.07, 6.45) is -5.05. The Labute approximate surface area is 238 Å². The van der Waals surface area contributed by atoms with Crippen LogP contribution in [0.2, 0.25) is 0 Å². The second-order valence-electron chi connectivity index (χ2n) is 8.85. The third kappa shape index (κ3) is 15.7. The summed E-state index contributed by atoms with van der Waals surface area (Å²) in [6, 6.07) is 5.33. The van der Waals surface area contributed by atoms with Crippen LogP contribution in [0.15, 0.2) is 36.9 Å². The van der Waals surface area contributed by atoms with Crippen LogP contribution in [0.3, 0.4) is 0 Å². The number of carboxylic acids is 3. The molecule has 2 atom stereocenters. The molecule has 244 valence electrons. The third-order valence-corrected chi connectivity index (χ3v) is 5.33. The Morgan fingerprint density at radius 3 is 1.67 bits per heavy atom. The van der Waals surface area contributed by atoms with Gasteiger partial charge in [-0.2, -0.15) is 44.6 Å². The smallest absolute Gasteiger partial charge is 0.475 e. The first-order valence-corrected chi connectivity index (χ1v) is 11.6. The lowest BCUT2D eigenvalue weighted by Crippen LogP contribution is -2.43. The zero-order valence-corrected chi connectivity index (χ0v) is 22.7. The number of rotatable bonds is 5. The van der Waals surface area contributed by atoms with Crippen LogP contribution in [0.25, 0.3) is 0 Å². The van der Waals surface area contributed by atoms with E-state index in [0.717, 1.165) is 19.5 Å². The molecule has 0 spiro atoms. The number of pyridine rings is 1. The summed E-state index contributed by atoms with van der Waals surface area (Å²) in [6.45, 7) is 2.12. The average molecular weight is 641 g/mol. The van der Waals surface area contributed by atoms with E-state index in [0.29, 0.717) is 12.1 Å². The van der Waals surface area contributed by atoms with E-state index < -0.39 is 36.4 Å². The standard InChI is InChI=1S/C17H25N5.3C2HF3O2/c1-20(2)16-6-8-22(13-15-11-19-21(3)12-15)17(16)9-14-5-4-7-18-10-14;3*3-2(4,5)1(6)7/h4-5,7,10-12,16-17H,6,8-9,13H2,1-3H3;3*(H,6,7)/t16-,17+;;;/m1.../s1. The van der Waals surface area contributed by atoms with Crippen LogP contribution >= 0.6 is 0 Å². The highest BCUT2D eigenvalue weighted by Crippen LogP contribution is 2.26. The number of alkyl halides is 9. The summed E-state index contributed by atoms with van der Waals surface area (Å²) in [5.41, 5.74) is 2.61. The number of hydrogen-bond acceptors (Lipinski definition) is 7. The molecule has 11 nitrogen and oxygen atoms in total. The van der Waals surface area contributed by atoms with E-state index in [-0.39, 0.29) is 0 Å². The van der Waals surface area contributed by atoms with Crippen LogP contribution < -0.4 is 0 Å². The van der Waals surface area contributed by atoms with E-state index in [9.17, 15) is 39.5 Å². The zero-order chi connectivity index (χ0) is 33.8. The van der Waals surface area contributed by atoms with Crippen LogP contribution in [0.5, 0.6) is 0 Å². The first kappa shape index (κ1) is 39.1. The Bertz CT molecular complexity index is 1100. The van der Waals surface area contributed by atoms with Crippen LogP contribution in [0.1, 0.15) is 17.5 Å². The van der Waals surface area contributed by atoms with Crippen LogP contribution in [0.4, 0.5) is 39.5 Å². The van der Waals surface area contributed by atoms with Gasteiger partial charge in [0.15, 0.2) is 0 Å². The molecule has 0 bridgehead atoms. The zero-order valence-electron chi connectivity index (χ0n) is 22.7. The normalized spacial score (nSPS) is 17.0. The number of aryl methyl sites for hydroxylation is 1. The topological polar surface area (TPSA) is 149 Å². The monoisotopic (exact) mass is 641 g/mol. The lowest BCUT2D eigenvalue weighted by atomic mass is 10.0. The van der Waals surface area contributed by atoms with Crippen molar-refractivity contribution in [2.24, 2.45) is 7.05 Å². The number of halogens is 9. The number of hydrogen-bond donors (Lipinski definition) is 3. The Balaban J connectivity index is 0.000000690. The number of carbonyl (C=O) groups is 3. The lowest BCUT2D eigenvalue weighted by molar-refractivity contribution is -0.193. The summed E-state index contributed by atoms with van der Waals surface area (Å²) in [5, 5.41) is 25.7. The SMILES string of the molecule is CN(C)[C@@H]1CCN(Cc2cnn(C)c2)[C@H]1Cc1cccnc1.O=C(O)C(F)(F)F.O=C(O)C(F)(F)F.O=C(O)C(F)(F)F. The summed E-state index contributed by atoms with van der Waals surface area (Å²) < 4.78 is 97.1. The number of aromatic nitrogens is 3. The van der Waals surface area contributed by atoms with Crippen molar-refractivity contribution in [3.05, 3.63) is 48.0 Å². The van der Waals surface area contributed by atoms with Gasteiger partial charge >= 0.3 is 36.4 Å². The minimum absolute atomic E-state index is 0.527. The molecule has 0 unspecified atom stereocenters. The second kappa shape index (κ2) is 16.6. The molecular weight excluding hydrogens is 613 g/mol. The van der Waals surface area contributed by atoms with Crippen molar-refractivity contribution in [3.8, 4) is 0 Å². The largest absolute Gasteiger partial charge is 0.490 e. The van der Waals surface area contributed by atoms with E-state index in [1.165, 1.54) is 17.5 Å². The van der Waals surface area contributed by atoms with Crippen LogP contribution in [-0.2, 0) is 34.4 Å². The second-order valence-corrected chi connectivity index (χ2v) is 8.85. The Kier molecular flexibility index (Phi) is 15.1. The Morgan fingerprint density at radius 1 is 0.884 bits per heavy atom. The van der Waals surface area contributed by atoms with E-state index in [2.05, 4.69) is 46.2 Å². The molecule has 0 radical (unpaired) electrons. The molecule has 1 aliphatic heterocycles. The molecule has 3 N–H and O–H groups in total. The molecule has 43 heavy (non-hydrogen) atoms. The number of aliphatic carboxylic acids is 3. The maximum Gasteiger partial charge on any atom is 0.490 e. The Hall–Kier alpha value is -3.94. The van der Waals surface area contributed by atoms with Gasteiger partial charge in [0, 0.05) is 56.4 Å². The maximum atomic E-state index is 10.6. The van der Waals surface area contributed by atoms with E-state index >= 15 is 0 Å². The molecular formula is C23H28F9N5O6. The predicted octanol–water partition coefficient (Wildman–Crippen LogP) is 3.46. The van der Waals surface area contributed by atoms with Gasteiger partial charge in [0.2, 0.25) is 0 Å². The molecule has 3 rings (SSSR count). The van der Waals surface area contributed by atoms with Crippen molar-refractivity contribution in [2.45, 2.75) is 50.0 Å². The van der Waals surface area contributed by atoms with Crippen molar-refractivity contribution in [3.63, 3.8) is 0 Å². The summed E-state index contributed by atoms with van der Waals surface area (Å²) in [7, 11) is 6.35. The van der Waals surface area contributed by atoms with Gasteiger partial charge in [-0.25, -0.2) is 14.4 Å². The van der Waals surface area contributed by atoms with Gasteiger partial charge in [0.1, 0.15) is 0 Å². The van der Waals surface area contributed by atoms with Crippen molar-refractivity contribution < 1.29 is 69.2 Å². The van der Waals surface area contributed by atoms with Gasteiger partial charge in [-0.3, -0.25) is 14.6 Å². The van der Waals surface area contributed by atoms with Gasteiger partial charge in [0.25, 0.3) is 0 Å². The number of likely N-dealkylation sites (N-methyl/N-ethyl adjacent to an activating group) is 1. The minimum Gasteiger partial charge on any atom is -0.475 e. The molecule has 0 amide bonds. The fourth-order valence-electron chi connectivity index (χ4n) is 3.51. The quantitative estimate of drug-likeness (QED) is 0.415. The first-order chi connectivity index (χ1) is 19.5. The van der Waals surface area contributed by atoms with Crippen molar-refractivity contribution >= 4 is 17.9 Å². The highest BCUT2D eigenvalue weighted by atomic mass is 19.4. The van der Waals surface area contributed by atoms with Gasteiger partial charge in [-0.05, 0) is 38.6 Å². The summed E-state index contributed by atoms with van der Waals surface area (Å²) in [5.74, 6) is -8.27. The third-order valence-electron chi connectivity index (χ3n) is 5.33. The number of carboxylic acid groups (broad SMARTS) is 3. The van der Waals surface area contributed by atoms with Gasteiger partial charge in [0.05, 0.1) is 6.20 Å². The molecule has 2 aromatic rings. The van der Waals surface area contributed by atoms with E-state index in [1.54, 1.807) is 0 Å². The highest BCUT2D eigenvalue weighted by molar-refractivity contribution is 5.73. The molecule has 0 aliphatic carbocycles. The predicted molar refractivity (Wildman–Crippen MR) is 129 cm³/mol. The minimum atomic E-state index is -5.08. The number of nitrogens with zero attached hydrogens (tertiary/aromatic N) is 5. The molecule has 1 fully saturated rings. The van der Waals surface area contributed by atoms with Gasteiger partial charge < -0.3 is 20.2 Å². The highest BCUT2D eigenvalue weighted by Gasteiger charge is 2.39. The fourth-order valence-corrected chi connectivity index (χ4v) is 3.51. The van der Waals surface area contributed by atoms with Crippen LogP contribution in [-0.4, -0.2) is 109 Å². The van der Waals surface area contributed by atoms with E-state index in [1.807, 2.05) is 36.4 Å². The Morgan fingerprint density at radius 2 is 1.35 bits per heavy atom. The van der Waals surface area contributed by atoms with Crippen molar-refractivity contribution in [2.75, 3.05) is 20.6 Å². The summed E-state index contributed by atoms with van der Waals surface area (Å²) >= 11 is 0. The first-order valence-electron chi connectivity index (χ1n) is 11.6. The molecule has 0 saturated carbocycles. The average Bonchev–Trinajstić information content (AvgIpc) is 3.45. The molecule has 0 aromatic carbocycles. The lowest BCUT2D eigenvalue weighted by Gasteiger charge is -2.31. The van der Waals surface area contributed by atoms with Crippen molar-refractivity contribution in [1.82, 2.24) is 24.6 Å². The fraction of sp³-hybridized carbons (Fsp3) is 0.522. The van der Waals surface area contributed by atoms with Gasteiger partial charge in [-0.1, -0.05) is 6.07 Å². The molecule has 1 aliphatic rings. The van der Waals surface area contributed by atoms with Gasteiger partial charge in [-0.15, -0.1) is 0 Å². The molecule has 3 heterocycles. The molecule has 20 heteroatoms. The summed E-state index contributed by atoms with van der Waals surface area (Å²) in [4.78, 5) is 35.9. The van der Waals surface area contributed by atoms with Crippen molar-refractivity contribution in [1.29, 1.82) is 0 Å². The molecule has 2 aromatic heterocycles. The molecule has 1 saturated heterocycles. The number of likely N-dealkylation sites (tertiary alicyclic amines) is 1. The maximum absolute atomic E-state index is 10.6. The van der Waals surface area contributed by atoms with E-state index in [4.69, 9.17) is 29.7 Å².